The molecule has 0 heterocycles. The number of hydrogen-bond acceptors (Lipinski definition) is 5. The third-order valence-electron chi connectivity index (χ3n) is 2.38. The molecule has 0 radical (unpaired) electrons. The summed E-state index contributed by atoms with van der Waals surface area (Å²) >= 11 is 0. The summed E-state index contributed by atoms with van der Waals surface area (Å²) in [5, 5.41) is 8.57. The molecule has 1 aromatic carbocycles. The molecule has 1 rings (SSSR count). The number of aliphatic hydroxyl groups is 1. The lowest BCUT2D eigenvalue weighted by Gasteiger charge is -2.14. The first-order chi connectivity index (χ1) is 10.7. The quantitative estimate of drug-likeness (QED) is 0.744. The maximum Gasteiger partial charge on any atom is 0.164 e. The summed E-state index contributed by atoms with van der Waals surface area (Å²) < 4.78 is 21.2. The molecule has 130 valence electrons. The van der Waals surface area contributed by atoms with E-state index in [1.54, 1.807) is 20.3 Å². The lowest BCUT2D eigenvalue weighted by molar-refractivity contribution is 0.0697. The van der Waals surface area contributed by atoms with Crippen molar-refractivity contribution >= 4 is 0 Å². The van der Waals surface area contributed by atoms with Crippen LogP contribution in [0.25, 0.3) is 0 Å². The molecule has 0 saturated carbocycles. The fourth-order valence-electron chi connectivity index (χ4n) is 1.53. The van der Waals surface area contributed by atoms with Crippen LogP contribution >= 0.6 is 0 Å². The molecule has 0 atom stereocenters. The van der Waals surface area contributed by atoms with Gasteiger partial charge in [-0.1, -0.05) is 27.7 Å². The normalized spacial score (nSPS) is 8.91. The van der Waals surface area contributed by atoms with Gasteiger partial charge < -0.3 is 24.1 Å². The van der Waals surface area contributed by atoms with Crippen LogP contribution in [-0.2, 0) is 4.74 Å². The van der Waals surface area contributed by atoms with Gasteiger partial charge >= 0.3 is 0 Å². The summed E-state index contributed by atoms with van der Waals surface area (Å²) in [6.07, 6.45) is 0. The van der Waals surface area contributed by atoms with Crippen molar-refractivity contribution in [3.05, 3.63) is 17.7 Å². The zero-order valence-corrected chi connectivity index (χ0v) is 15.1. The van der Waals surface area contributed by atoms with Crippen LogP contribution in [0, 0.1) is 6.92 Å². The lowest BCUT2D eigenvalue weighted by atomic mass is 10.2. The van der Waals surface area contributed by atoms with Gasteiger partial charge in [0.1, 0.15) is 12.4 Å². The second-order valence-electron chi connectivity index (χ2n) is 3.66. The number of aryl methyl sites for hydroxylation is 1. The van der Waals surface area contributed by atoms with E-state index in [2.05, 4.69) is 0 Å². The number of aliphatic hydroxyl groups excluding tert-OH is 1. The summed E-state index contributed by atoms with van der Waals surface area (Å²) in [4.78, 5) is 0. The first-order valence-corrected chi connectivity index (χ1v) is 7.77. The number of methoxy groups -OCH3 is 2. The van der Waals surface area contributed by atoms with Gasteiger partial charge in [0.25, 0.3) is 0 Å². The Kier molecular flexibility index (Phi) is 16.5. The Labute approximate surface area is 135 Å². The summed E-state index contributed by atoms with van der Waals surface area (Å²) in [6, 6.07) is 3.66. The average molecular weight is 316 g/mol. The Balaban J connectivity index is 0. The molecular weight excluding hydrogens is 284 g/mol. The van der Waals surface area contributed by atoms with Crippen molar-refractivity contribution in [1.29, 1.82) is 0 Å². The van der Waals surface area contributed by atoms with Crippen molar-refractivity contribution in [3.8, 4) is 17.2 Å². The van der Waals surface area contributed by atoms with Gasteiger partial charge in [-0.15, -0.1) is 0 Å². The standard InChI is InChI=1S/C13H20O5.2C2H6/c1-10-8-11(15-2)9-12(16-3)13(10)18-7-6-17-5-4-14;2*1-2/h8-9,14H,4-7H2,1-3H3;2*1-2H3. The molecule has 0 aliphatic rings. The predicted octanol–water partition coefficient (Wildman–Crippen LogP) is 3.45. The fourth-order valence-corrected chi connectivity index (χ4v) is 1.53. The summed E-state index contributed by atoms with van der Waals surface area (Å²) in [5.41, 5.74) is 0.938. The highest BCUT2D eigenvalue weighted by Gasteiger charge is 2.10. The lowest BCUT2D eigenvalue weighted by Crippen LogP contribution is -2.10. The second-order valence-corrected chi connectivity index (χ2v) is 3.66. The summed E-state index contributed by atoms with van der Waals surface area (Å²) in [5.74, 6) is 2.05. The summed E-state index contributed by atoms with van der Waals surface area (Å²) in [7, 11) is 3.20. The fraction of sp³-hybridized carbons (Fsp3) is 0.647. The molecule has 0 aromatic heterocycles. The van der Waals surface area contributed by atoms with Gasteiger partial charge in [0, 0.05) is 6.07 Å². The highest BCUT2D eigenvalue weighted by molar-refractivity contribution is 5.51. The van der Waals surface area contributed by atoms with E-state index in [-0.39, 0.29) is 6.61 Å². The maximum absolute atomic E-state index is 8.57. The average Bonchev–Trinajstić information content (AvgIpc) is 2.59. The smallest absolute Gasteiger partial charge is 0.164 e. The third kappa shape index (κ3) is 8.74. The number of hydrogen-bond donors (Lipinski definition) is 1. The Morgan fingerprint density at radius 3 is 2.05 bits per heavy atom. The molecule has 22 heavy (non-hydrogen) atoms. The van der Waals surface area contributed by atoms with Crippen LogP contribution in [0.5, 0.6) is 17.2 Å². The second kappa shape index (κ2) is 15.9. The molecule has 0 unspecified atom stereocenters. The van der Waals surface area contributed by atoms with E-state index in [1.165, 1.54) is 0 Å². The zero-order valence-electron chi connectivity index (χ0n) is 15.1. The Hall–Kier alpha value is -1.46. The van der Waals surface area contributed by atoms with Gasteiger partial charge in [-0.2, -0.15) is 0 Å². The molecule has 0 spiro atoms. The van der Waals surface area contributed by atoms with E-state index in [0.29, 0.717) is 31.3 Å². The minimum absolute atomic E-state index is 0.0187. The molecule has 5 nitrogen and oxygen atoms in total. The topological polar surface area (TPSA) is 57.2 Å². The molecule has 1 N–H and O–H groups in total. The van der Waals surface area contributed by atoms with E-state index in [4.69, 9.17) is 24.1 Å². The van der Waals surface area contributed by atoms with E-state index in [1.807, 2.05) is 40.7 Å². The largest absolute Gasteiger partial charge is 0.497 e. The molecule has 0 aliphatic carbocycles. The molecule has 0 amide bonds. The Morgan fingerprint density at radius 1 is 0.909 bits per heavy atom. The van der Waals surface area contributed by atoms with Crippen molar-refractivity contribution in [2.75, 3.05) is 40.6 Å². The Bertz CT molecular complexity index is 366. The van der Waals surface area contributed by atoms with Crippen molar-refractivity contribution < 1.29 is 24.1 Å². The molecule has 5 heteroatoms. The van der Waals surface area contributed by atoms with Crippen molar-refractivity contribution in [2.24, 2.45) is 0 Å². The van der Waals surface area contributed by atoms with Crippen LogP contribution < -0.4 is 14.2 Å². The predicted molar refractivity (Wildman–Crippen MR) is 90.4 cm³/mol. The number of rotatable bonds is 8. The Morgan fingerprint density at radius 2 is 1.55 bits per heavy atom. The highest BCUT2D eigenvalue weighted by atomic mass is 16.5. The molecule has 0 fully saturated rings. The SMILES string of the molecule is CC.CC.COc1cc(C)c(OCCOCCO)c(OC)c1. The minimum atomic E-state index is 0.0187. The maximum atomic E-state index is 8.57. The monoisotopic (exact) mass is 316 g/mol. The molecule has 0 saturated heterocycles. The third-order valence-corrected chi connectivity index (χ3v) is 2.38. The van der Waals surface area contributed by atoms with Crippen LogP contribution in [0.3, 0.4) is 0 Å². The molecular formula is C17H32O5. The highest BCUT2D eigenvalue weighted by Crippen LogP contribution is 2.35. The number of benzene rings is 1. The van der Waals surface area contributed by atoms with Crippen molar-refractivity contribution in [3.63, 3.8) is 0 Å². The van der Waals surface area contributed by atoms with E-state index in [0.717, 1.165) is 11.3 Å². The van der Waals surface area contributed by atoms with Crippen LogP contribution in [0.15, 0.2) is 12.1 Å². The van der Waals surface area contributed by atoms with Crippen molar-refractivity contribution in [1.82, 2.24) is 0 Å². The first-order valence-electron chi connectivity index (χ1n) is 7.77. The van der Waals surface area contributed by atoms with E-state index < -0.39 is 0 Å². The zero-order chi connectivity index (χ0) is 17.4. The number of ether oxygens (including phenoxy) is 4. The van der Waals surface area contributed by atoms with Gasteiger partial charge in [-0.25, -0.2) is 0 Å². The minimum Gasteiger partial charge on any atom is -0.497 e. The van der Waals surface area contributed by atoms with Crippen LogP contribution in [0.2, 0.25) is 0 Å². The van der Waals surface area contributed by atoms with Crippen LogP contribution in [-0.4, -0.2) is 45.8 Å². The van der Waals surface area contributed by atoms with Crippen LogP contribution in [0.4, 0.5) is 0 Å². The van der Waals surface area contributed by atoms with Gasteiger partial charge in [-0.3, -0.25) is 0 Å². The van der Waals surface area contributed by atoms with Gasteiger partial charge in [-0.05, 0) is 18.6 Å². The van der Waals surface area contributed by atoms with Crippen LogP contribution in [0.1, 0.15) is 33.3 Å². The molecule has 0 bridgehead atoms. The first kappa shape index (κ1) is 22.8. The molecule has 0 aliphatic heterocycles. The van der Waals surface area contributed by atoms with E-state index >= 15 is 0 Å². The van der Waals surface area contributed by atoms with Gasteiger partial charge in [0.15, 0.2) is 11.5 Å². The van der Waals surface area contributed by atoms with Crippen molar-refractivity contribution in [2.45, 2.75) is 34.6 Å². The van der Waals surface area contributed by atoms with E-state index in [9.17, 15) is 0 Å². The van der Waals surface area contributed by atoms with Gasteiger partial charge in [0.2, 0.25) is 0 Å². The van der Waals surface area contributed by atoms with Gasteiger partial charge in [0.05, 0.1) is 34.0 Å². The summed E-state index contributed by atoms with van der Waals surface area (Å²) in [6.45, 7) is 11.1. The molecule has 1 aromatic rings.